The molecule has 0 spiro atoms. The summed E-state index contributed by atoms with van der Waals surface area (Å²) >= 11 is 1.20. The van der Waals surface area contributed by atoms with Crippen molar-refractivity contribution in [3.63, 3.8) is 0 Å². The van der Waals surface area contributed by atoms with Gasteiger partial charge in [0.2, 0.25) is 0 Å². The monoisotopic (exact) mass is 355 g/mol. The van der Waals surface area contributed by atoms with E-state index in [9.17, 15) is 14.4 Å². The summed E-state index contributed by atoms with van der Waals surface area (Å²) in [6, 6.07) is 1.43. The van der Waals surface area contributed by atoms with Crippen molar-refractivity contribution >= 4 is 35.0 Å². The fourth-order valence-electron chi connectivity index (χ4n) is 2.68. The Hall–Kier alpha value is -2.13. The van der Waals surface area contributed by atoms with Gasteiger partial charge in [-0.25, -0.2) is 9.59 Å². The van der Waals surface area contributed by atoms with Gasteiger partial charge in [-0.1, -0.05) is 6.92 Å². The Morgan fingerprint density at radius 3 is 2.71 bits per heavy atom. The maximum atomic E-state index is 12.0. The Bertz CT molecular complexity index is 612. The molecule has 3 N–H and O–H groups in total. The molecule has 0 aliphatic heterocycles. The number of methoxy groups -OCH3 is 1. The number of carbonyl (C=O) groups is 3. The number of carboxylic acid groups (broad SMARTS) is 1. The van der Waals surface area contributed by atoms with Gasteiger partial charge in [0.15, 0.2) is 0 Å². The summed E-state index contributed by atoms with van der Waals surface area (Å²) in [5.41, 5.74) is 0.418. The Kier molecular flexibility index (Phi) is 6.16. The molecule has 1 heterocycles. The molecule has 0 saturated heterocycles. The molecule has 0 unspecified atom stereocenters. The van der Waals surface area contributed by atoms with E-state index >= 15 is 0 Å². The molecule has 0 aromatic carbocycles. The van der Waals surface area contributed by atoms with Gasteiger partial charge in [-0.3, -0.25) is 9.69 Å². The molecule has 1 aliphatic carbocycles. The third-order valence-corrected chi connectivity index (χ3v) is 4.89. The zero-order valence-electron chi connectivity index (χ0n) is 13.6. The third-order valence-electron chi connectivity index (χ3n) is 3.99. The van der Waals surface area contributed by atoms with Crippen LogP contribution >= 0.6 is 11.3 Å². The van der Waals surface area contributed by atoms with E-state index in [1.54, 1.807) is 11.4 Å². The smallest absolute Gasteiger partial charge is 0.350 e. The van der Waals surface area contributed by atoms with Crippen LogP contribution in [-0.4, -0.2) is 60.3 Å². The van der Waals surface area contributed by atoms with Gasteiger partial charge in [-0.2, -0.15) is 0 Å². The van der Waals surface area contributed by atoms with Crippen LogP contribution in [0.1, 0.15) is 29.4 Å². The molecule has 0 atom stereocenters. The van der Waals surface area contributed by atoms with Gasteiger partial charge in [0.05, 0.1) is 19.3 Å². The van der Waals surface area contributed by atoms with Crippen molar-refractivity contribution in [2.75, 3.05) is 25.5 Å². The highest BCUT2D eigenvalue weighted by Crippen LogP contribution is 2.26. The number of esters is 1. The lowest BCUT2D eigenvalue weighted by Gasteiger charge is -2.42. The van der Waals surface area contributed by atoms with E-state index in [2.05, 4.69) is 15.4 Å². The number of rotatable bonds is 7. The number of carboxylic acids is 1. The number of aliphatic carboxylic acids is 1. The Labute approximate surface area is 143 Å². The molecule has 1 aromatic rings. The molecular weight excluding hydrogens is 334 g/mol. The molecule has 8 nitrogen and oxygen atoms in total. The van der Waals surface area contributed by atoms with Crippen LogP contribution in [-0.2, 0) is 9.53 Å². The quantitative estimate of drug-likeness (QED) is 0.641. The number of nitrogens with one attached hydrogen (secondary N) is 2. The largest absolute Gasteiger partial charge is 0.480 e. The maximum Gasteiger partial charge on any atom is 0.350 e. The number of carbonyl (C=O) groups excluding carboxylic acids is 2. The number of anilines is 1. The number of urea groups is 1. The second-order valence-electron chi connectivity index (χ2n) is 5.53. The lowest BCUT2D eigenvalue weighted by Crippen LogP contribution is -2.55. The van der Waals surface area contributed by atoms with Gasteiger partial charge in [0, 0.05) is 12.1 Å². The van der Waals surface area contributed by atoms with Crippen LogP contribution in [0.25, 0.3) is 0 Å². The van der Waals surface area contributed by atoms with Gasteiger partial charge in [-0.05, 0) is 30.8 Å². The van der Waals surface area contributed by atoms with Crippen molar-refractivity contribution in [1.82, 2.24) is 10.2 Å². The summed E-state index contributed by atoms with van der Waals surface area (Å²) < 4.78 is 4.66. The van der Waals surface area contributed by atoms with E-state index in [0.29, 0.717) is 30.0 Å². The van der Waals surface area contributed by atoms with Crippen molar-refractivity contribution in [2.45, 2.75) is 31.8 Å². The maximum absolute atomic E-state index is 12.0. The normalized spacial score (nSPS) is 19.5. The summed E-state index contributed by atoms with van der Waals surface area (Å²) in [5, 5.41) is 16.0. The predicted molar refractivity (Wildman–Crippen MR) is 89.5 cm³/mol. The van der Waals surface area contributed by atoms with Crippen LogP contribution in [0, 0.1) is 0 Å². The Morgan fingerprint density at radius 1 is 1.42 bits per heavy atom. The van der Waals surface area contributed by atoms with Gasteiger partial charge < -0.3 is 20.5 Å². The van der Waals surface area contributed by atoms with Crippen molar-refractivity contribution in [1.29, 1.82) is 0 Å². The lowest BCUT2D eigenvalue weighted by atomic mass is 9.85. The summed E-state index contributed by atoms with van der Waals surface area (Å²) in [5.74, 6) is -1.34. The number of hydrogen-bond donors (Lipinski definition) is 3. The average Bonchev–Trinajstić information content (AvgIpc) is 2.95. The van der Waals surface area contributed by atoms with Crippen LogP contribution in [0.3, 0.4) is 0 Å². The van der Waals surface area contributed by atoms with Crippen LogP contribution in [0.15, 0.2) is 11.4 Å². The standard InChI is InChI=1S/C15H21N3O5S/c1-3-18(8-12(19)20)10-6-9(7-10)16-15(22)17-11-4-5-24-13(11)14(21)23-2/h4-5,9-10H,3,6-8H2,1-2H3,(H,19,20)(H2,16,17,22). The highest BCUT2D eigenvalue weighted by Gasteiger charge is 2.34. The minimum atomic E-state index is -0.848. The summed E-state index contributed by atoms with van der Waals surface area (Å²) in [6.45, 7) is 2.59. The number of hydrogen-bond acceptors (Lipinski definition) is 6. The molecule has 2 amide bonds. The summed E-state index contributed by atoms with van der Waals surface area (Å²) in [7, 11) is 1.29. The fourth-order valence-corrected chi connectivity index (χ4v) is 3.44. The predicted octanol–water partition coefficient (Wildman–Crippen LogP) is 1.59. The van der Waals surface area contributed by atoms with Crippen LogP contribution in [0.2, 0.25) is 0 Å². The van der Waals surface area contributed by atoms with E-state index in [4.69, 9.17) is 5.11 Å². The first-order chi connectivity index (χ1) is 11.4. The van der Waals surface area contributed by atoms with Gasteiger partial charge in [0.1, 0.15) is 4.88 Å². The zero-order chi connectivity index (χ0) is 17.7. The summed E-state index contributed by atoms with van der Waals surface area (Å²) in [6.07, 6.45) is 1.42. The van der Waals surface area contributed by atoms with Crippen molar-refractivity contribution in [3.8, 4) is 0 Å². The molecule has 0 radical (unpaired) electrons. The Morgan fingerprint density at radius 2 is 2.12 bits per heavy atom. The molecular formula is C15H21N3O5S. The number of likely N-dealkylation sites (N-methyl/N-ethyl adjacent to an activating group) is 1. The number of amides is 2. The SMILES string of the molecule is CCN(CC(=O)O)C1CC(NC(=O)Nc2ccsc2C(=O)OC)C1. The van der Waals surface area contributed by atoms with E-state index in [1.165, 1.54) is 18.4 Å². The van der Waals surface area contributed by atoms with E-state index in [1.807, 2.05) is 11.8 Å². The first kappa shape index (κ1) is 18.2. The molecule has 24 heavy (non-hydrogen) atoms. The van der Waals surface area contributed by atoms with Crippen LogP contribution in [0.4, 0.5) is 10.5 Å². The second kappa shape index (κ2) is 8.11. The molecule has 2 rings (SSSR count). The summed E-state index contributed by atoms with van der Waals surface area (Å²) in [4.78, 5) is 36.6. The molecule has 132 valence electrons. The molecule has 1 saturated carbocycles. The fraction of sp³-hybridized carbons (Fsp3) is 0.533. The minimum absolute atomic E-state index is 0.00180. The third kappa shape index (κ3) is 4.45. The van der Waals surface area contributed by atoms with Crippen LogP contribution < -0.4 is 10.6 Å². The van der Waals surface area contributed by atoms with E-state index < -0.39 is 11.9 Å². The van der Waals surface area contributed by atoms with Crippen molar-refractivity contribution in [2.24, 2.45) is 0 Å². The van der Waals surface area contributed by atoms with Gasteiger partial charge in [-0.15, -0.1) is 11.3 Å². The van der Waals surface area contributed by atoms with E-state index in [0.717, 1.165) is 0 Å². The molecule has 1 aromatic heterocycles. The van der Waals surface area contributed by atoms with Crippen molar-refractivity contribution in [3.05, 3.63) is 16.3 Å². The average molecular weight is 355 g/mol. The topological polar surface area (TPSA) is 108 Å². The number of nitrogens with zero attached hydrogens (tertiary/aromatic N) is 1. The lowest BCUT2D eigenvalue weighted by molar-refractivity contribution is -0.139. The Balaban J connectivity index is 1.80. The van der Waals surface area contributed by atoms with Gasteiger partial charge >= 0.3 is 18.0 Å². The molecule has 9 heteroatoms. The van der Waals surface area contributed by atoms with Gasteiger partial charge in [0.25, 0.3) is 0 Å². The van der Waals surface area contributed by atoms with E-state index in [-0.39, 0.29) is 24.7 Å². The zero-order valence-corrected chi connectivity index (χ0v) is 14.4. The highest BCUT2D eigenvalue weighted by atomic mass is 32.1. The molecule has 0 bridgehead atoms. The first-order valence-electron chi connectivity index (χ1n) is 7.63. The number of thiophene rings is 1. The van der Waals surface area contributed by atoms with Crippen molar-refractivity contribution < 1.29 is 24.2 Å². The number of ether oxygens (including phenoxy) is 1. The first-order valence-corrected chi connectivity index (χ1v) is 8.51. The molecule has 1 fully saturated rings. The minimum Gasteiger partial charge on any atom is -0.480 e. The highest BCUT2D eigenvalue weighted by molar-refractivity contribution is 7.12. The molecule has 1 aliphatic rings. The second-order valence-corrected chi connectivity index (χ2v) is 6.45. The van der Waals surface area contributed by atoms with Crippen LogP contribution in [0.5, 0.6) is 0 Å².